The number of fused-ring (bicyclic) bond motifs is 1. The van der Waals surface area contributed by atoms with Crippen molar-refractivity contribution in [1.82, 2.24) is 5.32 Å². The lowest BCUT2D eigenvalue weighted by atomic mass is 10.1. The minimum atomic E-state index is -0.174. The molecule has 2 N–H and O–H groups in total. The maximum Gasteiger partial charge on any atom is 0.255 e. The summed E-state index contributed by atoms with van der Waals surface area (Å²) in [4.78, 5) is 12.0. The third kappa shape index (κ3) is 1.99. The van der Waals surface area contributed by atoms with Gasteiger partial charge in [-0.1, -0.05) is 46.3 Å². The first-order valence-corrected chi connectivity index (χ1v) is 6.45. The van der Waals surface area contributed by atoms with Crippen molar-refractivity contribution in [2.45, 2.75) is 6.17 Å². The Morgan fingerprint density at radius 3 is 2.56 bits per heavy atom. The average Bonchev–Trinajstić information content (AvgIpc) is 2.40. The van der Waals surface area contributed by atoms with Crippen LogP contribution in [-0.2, 0) is 0 Å². The highest BCUT2D eigenvalue weighted by Gasteiger charge is 2.24. The fraction of sp³-hybridized carbons (Fsp3) is 0.0714. The zero-order valence-electron chi connectivity index (χ0n) is 9.48. The molecule has 0 fully saturated rings. The van der Waals surface area contributed by atoms with Gasteiger partial charge in [-0.25, -0.2) is 0 Å². The molecule has 1 heterocycles. The van der Waals surface area contributed by atoms with E-state index in [9.17, 15) is 4.79 Å². The molecule has 18 heavy (non-hydrogen) atoms. The predicted octanol–water partition coefficient (Wildman–Crippen LogP) is 3.30. The van der Waals surface area contributed by atoms with Crippen molar-refractivity contribution in [3.63, 3.8) is 0 Å². The van der Waals surface area contributed by atoms with E-state index in [0.29, 0.717) is 5.56 Å². The van der Waals surface area contributed by atoms with Gasteiger partial charge >= 0.3 is 0 Å². The highest BCUT2D eigenvalue weighted by atomic mass is 79.9. The number of rotatable bonds is 1. The van der Waals surface area contributed by atoms with Crippen LogP contribution >= 0.6 is 15.9 Å². The molecule has 0 radical (unpaired) electrons. The molecule has 0 saturated heterocycles. The number of amides is 1. The summed E-state index contributed by atoms with van der Waals surface area (Å²) in [5.74, 6) is -0.0566. The molecule has 0 aromatic heterocycles. The van der Waals surface area contributed by atoms with Gasteiger partial charge < -0.3 is 10.6 Å². The van der Waals surface area contributed by atoms with Crippen molar-refractivity contribution >= 4 is 27.5 Å². The number of hydrogen-bond donors (Lipinski definition) is 2. The first-order valence-electron chi connectivity index (χ1n) is 5.66. The molecule has 1 aliphatic rings. The normalized spacial score (nSPS) is 17.6. The summed E-state index contributed by atoms with van der Waals surface area (Å²) < 4.78 is 0.899. The molecule has 3 nitrogen and oxygen atoms in total. The number of anilines is 1. The molecular weight excluding hydrogens is 292 g/mol. The molecule has 1 atom stereocenters. The van der Waals surface area contributed by atoms with Crippen LogP contribution < -0.4 is 10.6 Å². The minimum absolute atomic E-state index is 0.0566. The summed E-state index contributed by atoms with van der Waals surface area (Å²) in [5, 5.41) is 6.26. The fourth-order valence-corrected chi connectivity index (χ4v) is 2.40. The SMILES string of the molecule is O=C1NC(c2ccccc2)Nc2ccc(Br)cc21. The zero-order chi connectivity index (χ0) is 12.5. The van der Waals surface area contributed by atoms with E-state index in [2.05, 4.69) is 26.6 Å². The Morgan fingerprint density at radius 2 is 1.78 bits per heavy atom. The maximum absolute atomic E-state index is 12.0. The number of halogens is 1. The van der Waals surface area contributed by atoms with Crippen LogP contribution in [0.25, 0.3) is 0 Å². The Labute approximate surface area is 113 Å². The summed E-state index contributed by atoms with van der Waals surface area (Å²) >= 11 is 3.37. The van der Waals surface area contributed by atoms with Gasteiger partial charge in [-0.15, -0.1) is 0 Å². The van der Waals surface area contributed by atoms with Crippen molar-refractivity contribution < 1.29 is 4.79 Å². The minimum Gasteiger partial charge on any atom is -0.361 e. The molecule has 90 valence electrons. The van der Waals surface area contributed by atoms with Gasteiger partial charge in [0.15, 0.2) is 0 Å². The van der Waals surface area contributed by atoms with Gasteiger partial charge in [0.05, 0.1) is 5.56 Å². The molecule has 2 aromatic rings. The van der Waals surface area contributed by atoms with Crippen LogP contribution in [0.4, 0.5) is 5.69 Å². The highest BCUT2D eigenvalue weighted by Crippen LogP contribution is 2.28. The third-order valence-electron chi connectivity index (χ3n) is 2.93. The Bertz CT molecular complexity index is 598. The lowest BCUT2D eigenvalue weighted by Gasteiger charge is -2.28. The monoisotopic (exact) mass is 302 g/mol. The highest BCUT2D eigenvalue weighted by molar-refractivity contribution is 9.10. The van der Waals surface area contributed by atoms with Crippen molar-refractivity contribution in [1.29, 1.82) is 0 Å². The van der Waals surface area contributed by atoms with E-state index in [1.165, 1.54) is 0 Å². The van der Waals surface area contributed by atoms with Gasteiger partial charge in [-0.2, -0.15) is 0 Å². The number of carbonyl (C=O) groups excluding carboxylic acids is 1. The average molecular weight is 303 g/mol. The zero-order valence-corrected chi connectivity index (χ0v) is 11.1. The number of benzene rings is 2. The molecule has 0 spiro atoms. The standard InChI is InChI=1S/C14H11BrN2O/c15-10-6-7-12-11(8-10)14(18)17-13(16-12)9-4-2-1-3-5-9/h1-8,13,16H,(H,17,18). The Kier molecular flexibility index (Phi) is 2.80. The van der Waals surface area contributed by atoms with Crippen LogP contribution in [0.2, 0.25) is 0 Å². The van der Waals surface area contributed by atoms with Gasteiger partial charge in [-0.3, -0.25) is 4.79 Å². The van der Waals surface area contributed by atoms with Crippen LogP contribution in [0.5, 0.6) is 0 Å². The lowest BCUT2D eigenvalue weighted by molar-refractivity contribution is 0.0935. The molecule has 1 amide bonds. The van der Waals surface area contributed by atoms with E-state index < -0.39 is 0 Å². The first-order chi connectivity index (χ1) is 8.74. The maximum atomic E-state index is 12.0. The number of nitrogens with one attached hydrogen (secondary N) is 2. The Morgan fingerprint density at radius 1 is 1.00 bits per heavy atom. The van der Waals surface area contributed by atoms with Gasteiger partial charge in [-0.05, 0) is 23.8 Å². The molecule has 3 rings (SSSR count). The molecule has 0 bridgehead atoms. The Hall–Kier alpha value is -1.81. The summed E-state index contributed by atoms with van der Waals surface area (Å²) in [6.07, 6.45) is -0.174. The molecule has 1 unspecified atom stereocenters. The van der Waals surface area contributed by atoms with Crippen LogP contribution in [0.15, 0.2) is 53.0 Å². The quantitative estimate of drug-likeness (QED) is 0.848. The Balaban J connectivity index is 1.97. The summed E-state index contributed by atoms with van der Waals surface area (Å²) in [6.45, 7) is 0. The first kappa shape index (κ1) is 11.3. The van der Waals surface area contributed by atoms with Crippen LogP contribution in [0, 0.1) is 0 Å². The second kappa shape index (κ2) is 4.46. The summed E-state index contributed by atoms with van der Waals surface area (Å²) in [5.41, 5.74) is 2.56. The second-order valence-corrected chi connectivity index (χ2v) is 5.07. The van der Waals surface area contributed by atoms with E-state index in [0.717, 1.165) is 15.7 Å². The number of hydrogen-bond acceptors (Lipinski definition) is 2. The third-order valence-corrected chi connectivity index (χ3v) is 3.43. The molecule has 0 saturated carbocycles. The topological polar surface area (TPSA) is 41.1 Å². The van der Waals surface area contributed by atoms with Crippen molar-refractivity contribution in [3.8, 4) is 0 Å². The van der Waals surface area contributed by atoms with Gasteiger partial charge in [0.2, 0.25) is 0 Å². The van der Waals surface area contributed by atoms with Gasteiger partial charge in [0.1, 0.15) is 6.17 Å². The van der Waals surface area contributed by atoms with Crippen molar-refractivity contribution in [3.05, 3.63) is 64.1 Å². The fourth-order valence-electron chi connectivity index (χ4n) is 2.04. The molecular formula is C14H11BrN2O. The summed E-state index contributed by atoms with van der Waals surface area (Å²) in [7, 11) is 0. The number of carbonyl (C=O) groups is 1. The van der Waals surface area contributed by atoms with Crippen molar-refractivity contribution in [2.75, 3.05) is 5.32 Å². The van der Waals surface area contributed by atoms with Crippen LogP contribution in [0.1, 0.15) is 22.1 Å². The van der Waals surface area contributed by atoms with Gasteiger partial charge in [0.25, 0.3) is 5.91 Å². The summed E-state index contributed by atoms with van der Waals surface area (Å²) in [6, 6.07) is 15.5. The molecule has 1 aliphatic heterocycles. The van der Waals surface area contributed by atoms with Crippen LogP contribution in [-0.4, -0.2) is 5.91 Å². The molecule has 4 heteroatoms. The van der Waals surface area contributed by atoms with Crippen LogP contribution in [0.3, 0.4) is 0 Å². The predicted molar refractivity (Wildman–Crippen MR) is 74.4 cm³/mol. The van der Waals surface area contributed by atoms with E-state index >= 15 is 0 Å². The largest absolute Gasteiger partial charge is 0.361 e. The molecule has 2 aromatic carbocycles. The molecule has 0 aliphatic carbocycles. The van der Waals surface area contributed by atoms with E-state index in [-0.39, 0.29) is 12.1 Å². The smallest absolute Gasteiger partial charge is 0.255 e. The lowest BCUT2D eigenvalue weighted by Crippen LogP contribution is -2.38. The van der Waals surface area contributed by atoms with Gasteiger partial charge in [0, 0.05) is 10.2 Å². The second-order valence-electron chi connectivity index (χ2n) is 4.15. The van der Waals surface area contributed by atoms with E-state index in [1.807, 2.05) is 48.5 Å². The van der Waals surface area contributed by atoms with E-state index in [4.69, 9.17) is 0 Å². The van der Waals surface area contributed by atoms with E-state index in [1.54, 1.807) is 0 Å². The van der Waals surface area contributed by atoms with Crippen molar-refractivity contribution in [2.24, 2.45) is 0 Å².